The number of hydrogen-bond acceptors (Lipinski definition) is 3. The second-order valence-corrected chi connectivity index (χ2v) is 5.58. The number of halogens is 1. The first-order valence-electron chi connectivity index (χ1n) is 6.43. The Bertz CT molecular complexity index is 869. The van der Waals surface area contributed by atoms with E-state index in [2.05, 4.69) is 20.9 Å². The molecule has 0 bridgehead atoms. The van der Waals surface area contributed by atoms with Crippen molar-refractivity contribution in [2.75, 3.05) is 0 Å². The van der Waals surface area contributed by atoms with E-state index >= 15 is 0 Å². The van der Waals surface area contributed by atoms with Crippen molar-refractivity contribution < 1.29 is 4.79 Å². The molecule has 4 nitrogen and oxygen atoms in total. The molecule has 0 aliphatic carbocycles. The molecule has 0 unspecified atom stereocenters. The van der Waals surface area contributed by atoms with Gasteiger partial charge in [0.1, 0.15) is 0 Å². The zero-order valence-electron chi connectivity index (χ0n) is 11.1. The van der Waals surface area contributed by atoms with Gasteiger partial charge in [0.05, 0.1) is 18.4 Å². The Kier molecular flexibility index (Phi) is 3.66. The van der Waals surface area contributed by atoms with Gasteiger partial charge < -0.3 is 4.57 Å². The van der Waals surface area contributed by atoms with E-state index in [1.54, 1.807) is 23.0 Å². The SMILES string of the molecule is N=c1ncn(CC(=O)c2ccc(Br)cc2)c2ccccc12. The zero-order chi connectivity index (χ0) is 14.8. The number of nitrogens with one attached hydrogen (secondary N) is 1. The van der Waals surface area contributed by atoms with Crippen molar-refractivity contribution in [2.45, 2.75) is 6.54 Å². The summed E-state index contributed by atoms with van der Waals surface area (Å²) in [7, 11) is 0. The van der Waals surface area contributed by atoms with Crippen LogP contribution in [0.5, 0.6) is 0 Å². The fraction of sp³-hybridized carbons (Fsp3) is 0.0625. The molecule has 2 aromatic carbocycles. The van der Waals surface area contributed by atoms with Gasteiger partial charge in [-0.25, -0.2) is 4.98 Å². The molecular formula is C16H12BrN3O. The fourth-order valence-electron chi connectivity index (χ4n) is 2.19. The molecule has 1 N–H and O–H groups in total. The van der Waals surface area contributed by atoms with E-state index in [1.807, 2.05) is 36.4 Å². The Morgan fingerprint density at radius 3 is 2.62 bits per heavy atom. The van der Waals surface area contributed by atoms with Gasteiger partial charge in [0.2, 0.25) is 0 Å². The molecule has 21 heavy (non-hydrogen) atoms. The molecule has 0 saturated heterocycles. The van der Waals surface area contributed by atoms with Crippen molar-refractivity contribution in [1.29, 1.82) is 5.41 Å². The van der Waals surface area contributed by atoms with Crippen molar-refractivity contribution in [2.24, 2.45) is 0 Å². The second-order valence-electron chi connectivity index (χ2n) is 4.67. The quantitative estimate of drug-likeness (QED) is 0.744. The largest absolute Gasteiger partial charge is 0.324 e. The first-order chi connectivity index (χ1) is 10.1. The van der Waals surface area contributed by atoms with Gasteiger partial charge >= 0.3 is 0 Å². The van der Waals surface area contributed by atoms with Crippen LogP contribution >= 0.6 is 15.9 Å². The number of carbonyl (C=O) groups is 1. The van der Waals surface area contributed by atoms with E-state index in [9.17, 15) is 4.79 Å². The first-order valence-corrected chi connectivity index (χ1v) is 7.22. The number of carbonyl (C=O) groups excluding carboxylic acids is 1. The summed E-state index contributed by atoms with van der Waals surface area (Å²) in [5.41, 5.74) is 1.71. The van der Waals surface area contributed by atoms with Gasteiger partial charge in [-0.15, -0.1) is 0 Å². The van der Waals surface area contributed by atoms with E-state index in [4.69, 9.17) is 5.41 Å². The zero-order valence-corrected chi connectivity index (χ0v) is 12.7. The molecule has 1 heterocycles. The maximum Gasteiger partial charge on any atom is 0.182 e. The average Bonchev–Trinajstić information content (AvgIpc) is 2.51. The van der Waals surface area contributed by atoms with E-state index < -0.39 is 0 Å². The van der Waals surface area contributed by atoms with Crippen molar-refractivity contribution in [1.82, 2.24) is 9.55 Å². The molecular weight excluding hydrogens is 330 g/mol. The maximum atomic E-state index is 12.3. The van der Waals surface area contributed by atoms with Gasteiger partial charge in [0, 0.05) is 15.4 Å². The Labute approximate surface area is 129 Å². The summed E-state index contributed by atoms with van der Waals surface area (Å²) in [6.07, 6.45) is 1.54. The van der Waals surface area contributed by atoms with Crippen LogP contribution in [0.15, 0.2) is 59.3 Å². The topological polar surface area (TPSA) is 58.7 Å². The highest BCUT2D eigenvalue weighted by Crippen LogP contribution is 2.13. The first kappa shape index (κ1) is 13.7. The lowest BCUT2D eigenvalue weighted by Gasteiger charge is -2.09. The van der Waals surface area contributed by atoms with Crippen LogP contribution < -0.4 is 5.49 Å². The Balaban J connectivity index is 1.99. The Morgan fingerprint density at radius 1 is 1.14 bits per heavy atom. The summed E-state index contributed by atoms with van der Waals surface area (Å²) >= 11 is 3.35. The summed E-state index contributed by atoms with van der Waals surface area (Å²) in [5, 5.41) is 8.56. The highest BCUT2D eigenvalue weighted by atomic mass is 79.9. The predicted octanol–water partition coefficient (Wildman–Crippen LogP) is 3.16. The average molecular weight is 342 g/mol. The number of rotatable bonds is 3. The van der Waals surface area contributed by atoms with Crippen LogP contribution in [0.3, 0.4) is 0 Å². The number of Topliss-reactive ketones (excluding diaryl/α,β-unsaturated/α-hetero) is 1. The number of para-hydroxylation sites is 1. The van der Waals surface area contributed by atoms with Gasteiger partial charge in [-0.2, -0.15) is 0 Å². The normalized spacial score (nSPS) is 10.7. The summed E-state index contributed by atoms with van der Waals surface area (Å²) in [5.74, 6) is 0.0113. The minimum absolute atomic E-state index is 0.0113. The Morgan fingerprint density at radius 2 is 1.86 bits per heavy atom. The van der Waals surface area contributed by atoms with Crippen LogP contribution in [0.1, 0.15) is 10.4 Å². The van der Waals surface area contributed by atoms with Crippen LogP contribution in [0, 0.1) is 5.41 Å². The molecule has 0 saturated carbocycles. The van der Waals surface area contributed by atoms with Gasteiger partial charge in [-0.3, -0.25) is 10.2 Å². The van der Waals surface area contributed by atoms with E-state index in [-0.39, 0.29) is 17.8 Å². The molecule has 3 aromatic rings. The van der Waals surface area contributed by atoms with Crippen LogP contribution in [0.25, 0.3) is 10.9 Å². The lowest BCUT2D eigenvalue weighted by atomic mass is 10.1. The summed E-state index contributed by atoms with van der Waals surface area (Å²) in [6, 6.07) is 14.8. The highest BCUT2D eigenvalue weighted by molar-refractivity contribution is 9.10. The lowest BCUT2D eigenvalue weighted by molar-refractivity contribution is 0.0973. The monoisotopic (exact) mass is 341 g/mol. The van der Waals surface area contributed by atoms with Crippen molar-refractivity contribution >= 4 is 32.6 Å². The molecule has 0 radical (unpaired) electrons. The van der Waals surface area contributed by atoms with Crippen LogP contribution in [-0.4, -0.2) is 15.3 Å². The molecule has 0 amide bonds. The Hall–Kier alpha value is -2.27. The van der Waals surface area contributed by atoms with Crippen molar-refractivity contribution in [3.63, 3.8) is 0 Å². The second kappa shape index (κ2) is 5.61. The summed E-state index contributed by atoms with van der Waals surface area (Å²) < 4.78 is 2.72. The molecule has 0 spiro atoms. The van der Waals surface area contributed by atoms with Gasteiger partial charge in [0.15, 0.2) is 11.3 Å². The van der Waals surface area contributed by atoms with E-state index in [1.165, 1.54) is 0 Å². The van der Waals surface area contributed by atoms with Gasteiger partial charge in [-0.05, 0) is 24.3 Å². The van der Waals surface area contributed by atoms with E-state index in [0.29, 0.717) is 5.56 Å². The fourth-order valence-corrected chi connectivity index (χ4v) is 2.46. The third kappa shape index (κ3) is 2.78. The number of nitrogens with zero attached hydrogens (tertiary/aromatic N) is 2. The van der Waals surface area contributed by atoms with Gasteiger partial charge in [-0.1, -0.05) is 40.2 Å². The molecule has 0 atom stereocenters. The van der Waals surface area contributed by atoms with Gasteiger partial charge in [0.25, 0.3) is 0 Å². The number of hydrogen-bond donors (Lipinski definition) is 1. The number of ketones is 1. The minimum atomic E-state index is 0.0113. The molecule has 104 valence electrons. The molecule has 3 rings (SSSR count). The van der Waals surface area contributed by atoms with Crippen LogP contribution in [-0.2, 0) is 6.54 Å². The van der Waals surface area contributed by atoms with Crippen LogP contribution in [0.4, 0.5) is 0 Å². The van der Waals surface area contributed by atoms with Crippen molar-refractivity contribution in [3.05, 3.63) is 70.4 Å². The van der Waals surface area contributed by atoms with E-state index in [0.717, 1.165) is 15.4 Å². The maximum absolute atomic E-state index is 12.3. The number of fused-ring (bicyclic) bond motifs is 1. The highest BCUT2D eigenvalue weighted by Gasteiger charge is 2.08. The predicted molar refractivity (Wildman–Crippen MR) is 84.1 cm³/mol. The molecule has 0 aliphatic rings. The van der Waals surface area contributed by atoms with Crippen molar-refractivity contribution in [3.8, 4) is 0 Å². The molecule has 0 aliphatic heterocycles. The standard InChI is InChI=1S/C16H12BrN3O/c17-12-7-5-11(6-8-12)15(21)9-20-10-19-16(18)13-3-1-2-4-14(13)20/h1-8,10,18H,9H2. The smallest absolute Gasteiger partial charge is 0.182 e. The minimum Gasteiger partial charge on any atom is -0.324 e. The summed E-state index contributed by atoms with van der Waals surface area (Å²) in [6.45, 7) is 0.204. The number of aromatic nitrogens is 2. The number of benzene rings is 2. The third-order valence-corrected chi connectivity index (χ3v) is 3.80. The summed E-state index contributed by atoms with van der Waals surface area (Å²) in [4.78, 5) is 16.4. The molecule has 1 aromatic heterocycles. The third-order valence-electron chi connectivity index (χ3n) is 3.27. The molecule has 0 fully saturated rings. The lowest BCUT2D eigenvalue weighted by Crippen LogP contribution is -2.16. The molecule has 5 heteroatoms. The van der Waals surface area contributed by atoms with Crippen LogP contribution in [0.2, 0.25) is 0 Å².